The Morgan fingerprint density at radius 3 is 2.62 bits per heavy atom. The van der Waals surface area contributed by atoms with Crippen molar-refractivity contribution in [3.8, 4) is 0 Å². The van der Waals surface area contributed by atoms with E-state index >= 15 is 0 Å². The molecule has 0 radical (unpaired) electrons. The minimum absolute atomic E-state index is 0.220. The zero-order valence-corrected chi connectivity index (χ0v) is 13.6. The number of halogens is 1. The zero-order chi connectivity index (χ0) is 15.4. The summed E-state index contributed by atoms with van der Waals surface area (Å²) in [6, 6.07) is 9.47. The third-order valence-electron chi connectivity index (χ3n) is 3.34. The molecule has 3 nitrogen and oxygen atoms in total. The minimum atomic E-state index is -0.956. The number of benzene rings is 1. The van der Waals surface area contributed by atoms with Crippen LogP contribution in [0.1, 0.15) is 34.6 Å². The monoisotopic (exact) mass is 323 g/mol. The van der Waals surface area contributed by atoms with Crippen molar-refractivity contribution in [1.29, 1.82) is 0 Å². The molecule has 0 bridgehead atoms. The predicted molar refractivity (Wildman–Crippen MR) is 87.1 cm³/mol. The number of carbonyl (C=O) groups is 1. The van der Waals surface area contributed by atoms with E-state index in [4.69, 9.17) is 16.7 Å². The Kier molecular flexibility index (Phi) is 5.39. The minimum Gasteiger partial charge on any atom is -0.478 e. The number of carboxylic acid groups (broad SMARTS) is 1. The van der Waals surface area contributed by atoms with Gasteiger partial charge in [-0.1, -0.05) is 23.7 Å². The van der Waals surface area contributed by atoms with Gasteiger partial charge in [-0.05, 0) is 43.0 Å². The molecule has 0 aliphatic carbocycles. The number of nitrogens with zero attached hydrogens (tertiary/aromatic N) is 1. The van der Waals surface area contributed by atoms with Crippen LogP contribution in [0.25, 0.3) is 0 Å². The van der Waals surface area contributed by atoms with E-state index in [0.29, 0.717) is 17.6 Å². The number of rotatable bonds is 6. The molecule has 0 spiro atoms. The van der Waals surface area contributed by atoms with Crippen LogP contribution in [0.3, 0.4) is 0 Å². The molecule has 0 saturated carbocycles. The molecule has 0 atom stereocenters. The van der Waals surface area contributed by atoms with E-state index in [0.717, 1.165) is 12.1 Å². The highest BCUT2D eigenvalue weighted by molar-refractivity contribution is 7.09. The highest BCUT2D eigenvalue weighted by atomic mass is 35.5. The molecule has 2 rings (SSSR count). The summed E-state index contributed by atoms with van der Waals surface area (Å²) in [6.07, 6.45) is 0. The molecule has 5 heteroatoms. The Morgan fingerprint density at radius 2 is 2.10 bits per heavy atom. The SMILES string of the molecule is CC(C)N(Cc1cccs1)Cc1ccc(C(=O)O)cc1Cl. The fraction of sp³-hybridized carbons (Fsp3) is 0.312. The van der Waals surface area contributed by atoms with Crippen molar-refractivity contribution in [2.75, 3.05) is 0 Å². The number of hydrogen-bond acceptors (Lipinski definition) is 3. The van der Waals surface area contributed by atoms with Gasteiger partial charge < -0.3 is 5.11 Å². The molecule has 0 aliphatic heterocycles. The summed E-state index contributed by atoms with van der Waals surface area (Å²) < 4.78 is 0. The van der Waals surface area contributed by atoms with Gasteiger partial charge in [0.2, 0.25) is 0 Å². The molecule has 0 amide bonds. The van der Waals surface area contributed by atoms with Crippen LogP contribution in [0, 0.1) is 0 Å². The lowest BCUT2D eigenvalue weighted by Crippen LogP contribution is -2.29. The molecule has 1 aromatic heterocycles. The standard InChI is InChI=1S/C16H18ClNO2S/c1-11(2)18(10-14-4-3-7-21-14)9-13-6-5-12(16(19)20)8-15(13)17/h3-8,11H,9-10H2,1-2H3,(H,19,20). The topological polar surface area (TPSA) is 40.5 Å². The molecule has 1 heterocycles. The first kappa shape index (κ1) is 16.0. The highest BCUT2D eigenvalue weighted by Crippen LogP contribution is 2.22. The fourth-order valence-electron chi connectivity index (χ4n) is 2.05. The van der Waals surface area contributed by atoms with Gasteiger partial charge in [0, 0.05) is 29.0 Å². The van der Waals surface area contributed by atoms with Crippen LogP contribution in [-0.2, 0) is 13.1 Å². The molecular weight excluding hydrogens is 306 g/mol. The van der Waals surface area contributed by atoms with E-state index in [1.807, 2.05) is 6.07 Å². The Labute approximate surface area is 133 Å². The maximum Gasteiger partial charge on any atom is 0.335 e. The van der Waals surface area contributed by atoms with Gasteiger partial charge in [-0.15, -0.1) is 11.3 Å². The second kappa shape index (κ2) is 7.07. The lowest BCUT2D eigenvalue weighted by atomic mass is 10.1. The molecule has 1 aromatic carbocycles. The van der Waals surface area contributed by atoms with E-state index in [2.05, 4.69) is 30.2 Å². The fourth-order valence-corrected chi connectivity index (χ4v) is 3.02. The highest BCUT2D eigenvalue weighted by Gasteiger charge is 2.14. The van der Waals surface area contributed by atoms with Gasteiger partial charge in [0.15, 0.2) is 0 Å². The van der Waals surface area contributed by atoms with E-state index in [-0.39, 0.29) is 5.56 Å². The summed E-state index contributed by atoms with van der Waals surface area (Å²) in [5.74, 6) is -0.956. The molecule has 0 unspecified atom stereocenters. The van der Waals surface area contributed by atoms with Crippen molar-refractivity contribution < 1.29 is 9.90 Å². The van der Waals surface area contributed by atoms with Gasteiger partial charge in [0.1, 0.15) is 0 Å². The first-order valence-corrected chi connectivity index (χ1v) is 8.01. The van der Waals surface area contributed by atoms with Crippen molar-refractivity contribution in [2.45, 2.75) is 33.0 Å². The normalized spacial score (nSPS) is 11.3. The van der Waals surface area contributed by atoms with Gasteiger partial charge in [-0.3, -0.25) is 4.90 Å². The van der Waals surface area contributed by atoms with Crippen molar-refractivity contribution in [3.05, 3.63) is 56.7 Å². The van der Waals surface area contributed by atoms with E-state index in [9.17, 15) is 4.79 Å². The Morgan fingerprint density at radius 1 is 1.33 bits per heavy atom. The average Bonchev–Trinajstić information content (AvgIpc) is 2.92. The molecule has 2 aromatic rings. The summed E-state index contributed by atoms with van der Waals surface area (Å²) in [6.45, 7) is 5.86. The maximum absolute atomic E-state index is 10.9. The molecule has 0 aliphatic rings. The second-order valence-electron chi connectivity index (χ2n) is 5.19. The van der Waals surface area contributed by atoms with Crippen LogP contribution in [0.5, 0.6) is 0 Å². The van der Waals surface area contributed by atoms with Crippen molar-refractivity contribution in [1.82, 2.24) is 4.90 Å². The zero-order valence-electron chi connectivity index (χ0n) is 12.0. The number of thiophene rings is 1. The van der Waals surface area contributed by atoms with Crippen molar-refractivity contribution >= 4 is 28.9 Å². The number of carboxylic acids is 1. The Bertz CT molecular complexity index is 611. The lowest BCUT2D eigenvalue weighted by molar-refractivity contribution is 0.0697. The third kappa shape index (κ3) is 4.30. The molecular formula is C16H18ClNO2S. The van der Waals surface area contributed by atoms with Crippen LogP contribution in [0.2, 0.25) is 5.02 Å². The number of hydrogen-bond donors (Lipinski definition) is 1. The summed E-state index contributed by atoms with van der Waals surface area (Å²) in [4.78, 5) is 14.6. The molecule has 0 saturated heterocycles. The third-order valence-corrected chi connectivity index (χ3v) is 4.56. The first-order valence-electron chi connectivity index (χ1n) is 6.75. The first-order chi connectivity index (χ1) is 9.97. The Hall–Kier alpha value is -1.36. The van der Waals surface area contributed by atoms with Crippen LogP contribution >= 0.6 is 22.9 Å². The van der Waals surface area contributed by atoms with Gasteiger partial charge in [-0.2, -0.15) is 0 Å². The van der Waals surface area contributed by atoms with Crippen LogP contribution < -0.4 is 0 Å². The number of aromatic carboxylic acids is 1. The van der Waals surface area contributed by atoms with Crippen molar-refractivity contribution in [3.63, 3.8) is 0 Å². The van der Waals surface area contributed by atoms with Gasteiger partial charge >= 0.3 is 5.97 Å². The maximum atomic E-state index is 10.9. The molecule has 0 fully saturated rings. The molecule has 112 valence electrons. The van der Waals surface area contributed by atoms with Gasteiger partial charge in [-0.25, -0.2) is 4.79 Å². The quantitative estimate of drug-likeness (QED) is 0.850. The van der Waals surface area contributed by atoms with Crippen molar-refractivity contribution in [2.24, 2.45) is 0 Å². The van der Waals surface area contributed by atoms with E-state index in [1.165, 1.54) is 10.9 Å². The van der Waals surface area contributed by atoms with E-state index in [1.54, 1.807) is 23.5 Å². The van der Waals surface area contributed by atoms with Crippen LogP contribution in [0.4, 0.5) is 0 Å². The van der Waals surface area contributed by atoms with Gasteiger partial charge in [0.05, 0.1) is 5.56 Å². The second-order valence-corrected chi connectivity index (χ2v) is 6.63. The largest absolute Gasteiger partial charge is 0.478 e. The molecule has 1 N–H and O–H groups in total. The van der Waals surface area contributed by atoms with Crippen LogP contribution in [0.15, 0.2) is 35.7 Å². The Balaban J connectivity index is 2.15. The average molecular weight is 324 g/mol. The summed E-state index contributed by atoms with van der Waals surface area (Å²) in [7, 11) is 0. The smallest absolute Gasteiger partial charge is 0.335 e. The predicted octanol–water partition coefficient (Wildman–Crippen LogP) is 4.51. The molecule has 21 heavy (non-hydrogen) atoms. The van der Waals surface area contributed by atoms with Crippen LogP contribution in [-0.4, -0.2) is 22.0 Å². The lowest BCUT2D eigenvalue weighted by Gasteiger charge is -2.26. The summed E-state index contributed by atoms with van der Waals surface area (Å²) in [5.41, 5.74) is 1.17. The summed E-state index contributed by atoms with van der Waals surface area (Å²) in [5, 5.41) is 11.6. The van der Waals surface area contributed by atoms with Gasteiger partial charge in [0.25, 0.3) is 0 Å². The van der Waals surface area contributed by atoms with E-state index < -0.39 is 5.97 Å². The summed E-state index contributed by atoms with van der Waals surface area (Å²) >= 11 is 7.95.